The van der Waals surface area contributed by atoms with Gasteiger partial charge in [0.05, 0.1) is 5.56 Å². The van der Waals surface area contributed by atoms with Crippen LogP contribution in [0.1, 0.15) is 41.3 Å². The van der Waals surface area contributed by atoms with E-state index < -0.39 is 0 Å². The average molecular weight is 324 g/mol. The zero-order chi connectivity index (χ0) is 16.9. The summed E-state index contributed by atoms with van der Waals surface area (Å²) in [6, 6.07) is 8.49. The molecule has 1 aliphatic heterocycles. The highest BCUT2D eigenvalue weighted by atomic mass is 16.2. The molecule has 0 radical (unpaired) electrons. The highest BCUT2D eigenvalue weighted by Gasteiger charge is 2.19. The molecule has 3 rings (SSSR count). The number of unbranched alkanes of at least 4 members (excludes halogenated alkanes) is 1. The maximum Gasteiger partial charge on any atom is 0.256 e. The molecule has 0 N–H and O–H groups in total. The van der Waals surface area contributed by atoms with Gasteiger partial charge < -0.3 is 9.80 Å². The summed E-state index contributed by atoms with van der Waals surface area (Å²) in [5, 5.41) is 0. The lowest BCUT2D eigenvalue weighted by atomic mass is 10.0. The first-order chi connectivity index (χ1) is 11.7. The van der Waals surface area contributed by atoms with Crippen molar-refractivity contribution in [3.8, 4) is 0 Å². The monoisotopic (exact) mass is 324 g/mol. The Hall–Kier alpha value is -2.43. The Labute approximate surface area is 143 Å². The lowest BCUT2D eigenvalue weighted by Crippen LogP contribution is -2.32. The van der Waals surface area contributed by atoms with Gasteiger partial charge in [0.25, 0.3) is 5.91 Å². The second kappa shape index (κ2) is 7.43. The molecule has 0 atom stereocenters. The zero-order valence-electron chi connectivity index (χ0n) is 14.4. The number of hydrogen-bond donors (Lipinski definition) is 0. The first kappa shape index (κ1) is 16.4. The van der Waals surface area contributed by atoms with Crippen LogP contribution in [0.25, 0.3) is 0 Å². The fourth-order valence-electron chi connectivity index (χ4n) is 2.98. The molecule has 2 aromatic rings. The number of amides is 1. The molecule has 1 amide bonds. The van der Waals surface area contributed by atoms with Gasteiger partial charge in [-0.2, -0.15) is 0 Å². The highest BCUT2D eigenvalue weighted by Crippen LogP contribution is 2.21. The molecule has 0 saturated heterocycles. The van der Waals surface area contributed by atoms with Crippen molar-refractivity contribution in [2.24, 2.45) is 0 Å². The van der Waals surface area contributed by atoms with Gasteiger partial charge in [0, 0.05) is 39.1 Å². The summed E-state index contributed by atoms with van der Waals surface area (Å²) < 4.78 is 0. The van der Waals surface area contributed by atoms with Crippen LogP contribution in [-0.2, 0) is 13.0 Å². The third-order valence-electron chi connectivity index (χ3n) is 4.49. The third kappa shape index (κ3) is 3.55. The van der Waals surface area contributed by atoms with E-state index in [1.807, 2.05) is 7.05 Å². The van der Waals surface area contributed by atoms with Crippen LogP contribution in [-0.4, -0.2) is 40.9 Å². The van der Waals surface area contributed by atoms with Crippen molar-refractivity contribution in [2.45, 2.75) is 32.7 Å². The Kier molecular flexibility index (Phi) is 5.08. The summed E-state index contributed by atoms with van der Waals surface area (Å²) in [6.45, 7) is 4.60. The molecule has 1 aromatic carbocycles. The van der Waals surface area contributed by atoms with Crippen molar-refractivity contribution >= 4 is 11.9 Å². The SMILES string of the molecule is CCCCN(C)C(=O)c1cnc(N2CCc3ccccc3C2)nc1. The predicted octanol–water partition coefficient (Wildman–Crippen LogP) is 2.91. The first-order valence-corrected chi connectivity index (χ1v) is 8.58. The van der Waals surface area contributed by atoms with Crippen LogP contribution in [0.2, 0.25) is 0 Å². The number of hydrogen-bond acceptors (Lipinski definition) is 4. The van der Waals surface area contributed by atoms with Gasteiger partial charge in [0.1, 0.15) is 0 Å². The fourth-order valence-corrected chi connectivity index (χ4v) is 2.98. The van der Waals surface area contributed by atoms with Gasteiger partial charge in [0.2, 0.25) is 5.95 Å². The second-order valence-corrected chi connectivity index (χ2v) is 6.29. The van der Waals surface area contributed by atoms with E-state index in [4.69, 9.17) is 0 Å². The lowest BCUT2D eigenvalue weighted by Gasteiger charge is -2.28. The summed E-state index contributed by atoms with van der Waals surface area (Å²) in [6.07, 6.45) is 6.37. The minimum atomic E-state index is -0.0148. The van der Waals surface area contributed by atoms with Gasteiger partial charge in [-0.3, -0.25) is 4.79 Å². The first-order valence-electron chi connectivity index (χ1n) is 8.58. The largest absolute Gasteiger partial charge is 0.342 e. The van der Waals surface area contributed by atoms with E-state index >= 15 is 0 Å². The summed E-state index contributed by atoms with van der Waals surface area (Å²) in [7, 11) is 1.83. The van der Waals surface area contributed by atoms with E-state index in [1.165, 1.54) is 11.1 Å². The quantitative estimate of drug-likeness (QED) is 0.848. The molecule has 5 heteroatoms. The van der Waals surface area contributed by atoms with Crippen LogP contribution in [0, 0.1) is 0 Å². The number of aromatic nitrogens is 2. The van der Waals surface area contributed by atoms with E-state index in [1.54, 1.807) is 17.3 Å². The summed E-state index contributed by atoms with van der Waals surface area (Å²) >= 11 is 0. The van der Waals surface area contributed by atoms with Crippen LogP contribution in [0.5, 0.6) is 0 Å². The van der Waals surface area contributed by atoms with E-state index in [-0.39, 0.29) is 5.91 Å². The van der Waals surface area contributed by atoms with Crippen molar-refractivity contribution in [3.63, 3.8) is 0 Å². The van der Waals surface area contributed by atoms with Gasteiger partial charge in [-0.25, -0.2) is 9.97 Å². The molecule has 126 valence electrons. The van der Waals surface area contributed by atoms with Crippen LogP contribution < -0.4 is 4.90 Å². The van der Waals surface area contributed by atoms with Crippen molar-refractivity contribution in [2.75, 3.05) is 25.0 Å². The number of anilines is 1. The number of benzene rings is 1. The van der Waals surface area contributed by atoms with Crippen LogP contribution >= 0.6 is 0 Å². The number of carbonyl (C=O) groups is 1. The number of rotatable bonds is 5. The minimum absolute atomic E-state index is 0.0148. The Morgan fingerprint density at radius 1 is 1.21 bits per heavy atom. The molecule has 0 saturated carbocycles. The molecule has 1 aromatic heterocycles. The van der Waals surface area contributed by atoms with Crippen LogP contribution in [0.4, 0.5) is 5.95 Å². The Morgan fingerprint density at radius 2 is 1.92 bits per heavy atom. The van der Waals surface area contributed by atoms with Crippen molar-refractivity contribution in [1.82, 2.24) is 14.9 Å². The van der Waals surface area contributed by atoms with Gasteiger partial charge in [-0.05, 0) is 24.0 Å². The second-order valence-electron chi connectivity index (χ2n) is 6.29. The molecule has 0 spiro atoms. The molecule has 5 nitrogen and oxygen atoms in total. The average Bonchev–Trinajstić information content (AvgIpc) is 2.65. The molecule has 2 heterocycles. The summed E-state index contributed by atoms with van der Waals surface area (Å²) in [4.78, 5) is 25.1. The molecule has 1 aliphatic rings. The van der Waals surface area contributed by atoms with E-state index in [9.17, 15) is 4.79 Å². The van der Waals surface area contributed by atoms with Crippen LogP contribution in [0.3, 0.4) is 0 Å². The normalized spacial score (nSPS) is 13.5. The maximum absolute atomic E-state index is 12.3. The minimum Gasteiger partial charge on any atom is -0.342 e. The van der Waals surface area contributed by atoms with Crippen molar-refractivity contribution in [1.29, 1.82) is 0 Å². The number of nitrogens with zero attached hydrogens (tertiary/aromatic N) is 4. The van der Waals surface area contributed by atoms with Crippen molar-refractivity contribution in [3.05, 3.63) is 53.3 Å². The highest BCUT2D eigenvalue weighted by molar-refractivity contribution is 5.93. The van der Waals surface area contributed by atoms with Gasteiger partial charge in [-0.15, -0.1) is 0 Å². The van der Waals surface area contributed by atoms with Crippen molar-refractivity contribution < 1.29 is 4.79 Å². The number of fused-ring (bicyclic) bond motifs is 1. The standard InChI is InChI=1S/C19H24N4O/c1-3-4-10-22(2)18(24)17-12-20-19(21-13-17)23-11-9-15-7-5-6-8-16(15)14-23/h5-8,12-13H,3-4,9-11,14H2,1-2H3. The van der Waals surface area contributed by atoms with Gasteiger partial charge in [-0.1, -0.05) is 37.6 Å². The Morgan fingerprint density at radius 3 is 2.62 bits per heavy atom. The smallest absolute Gasteiger partial charge is 0.256 e. The molecular weight excluding hydrogens is 300 g/mol. The molecule has 0 aliphatic carbocycles. The molecule has 0 unspecified atom stereocenters. The van der Waals surface area contributed by atoms with E-state index in [0.717, 1.165) is 38.9 Å². The number of carbonyl (C=O) groups excluding carboxylic acids is 1. The van der Waals surface area contributed by atoms with Crippen LogP contribution in [0.15, 0.2) is 36.7 Å². The Bertz CT molecular complexity index is 699. The molecular formula is C19H24N4O. The predicted molar refractivity (Wildman–Crippen MR) is 95.1 cm³/mol. The lowest BCUT2D eigenvalue weighted by molar-refractivity contribution is 0.0792. The topological polar surface area (TPSA) is 49.3 Å². The Balaban J connectivity index is 1.68. The van der Waals surface area contributed by atoms with Gasteiger partial charge in [0.15, 0.2) is 0 Å². The zero-order valence-corrected chi connectivity index (χ0v) is 14.4. The summed E-state index contributed by atoms with van der Waals surface area (Å²) in [5.74, 6) is 0.677. The van der Waals surface area contributed by atoms with E-state index in [2.05, 4.69) is 46.1 Å². The van der Waals surface area contributed by atoms with E-state index in [0.29, 0.717) is 11.5 Å². The molecule has 24 heavy (non-hydrogen) atoms. The summed E-state index contributed by atoms with van der Waals surface area (Å²) in [5.41, 5.74) is 3.28. The molecule has 0 fully saturated rings. The fraction of sp³-hybridized carbons (Fsp3) is 0.421. The van der Waals surface area contributed by atoms with Gasteiger partial charge >= 0.3 is 0 Å². The molecule has 0 bridgehead atoms. The maximum atomic E-state index is 12.3. The third-order valence-corrected chi connectivity index (χ3v) is 4.49.